The van der Waals surface area contributed by atoms with Crippen molar-refractivity contribution in [2.24, 2.45) is 0 Å². The zero-order valence-corrected chi connectivity index (χ0v) is 13.4. The Balaban J connectivity index is 2.13. The second-order valence-electron chi connectivity index (χ2n) is 5.29. The molecule has 1 aliphatic rings. The summed E-state index contributed by atoms with van der Waals surface area (Å²) < 4.78 is 0. The van der Waals surface area contributed by atoms with Crippen LogP contribution in [0, 0.1) is 0 Å². The van der Waals surface area contributed by atoms with Crippen molar-refractivity contribution >= 4 is 29.0 Å². The summed E-state index contributed by atoms with van der Waals surface area (Å²) in [6.07, 6.45) is 5.68. The summed E-state index contributed by atoms with van der Waals surface area (Å²) in [5.74, 6) is 1.61. The molecule has 0 fully saturated rings. The van der Waals surface area contributed by atoms with Gasteiger partial charge in [0.2, 0.25) is 0 Å². The summed E-state index contributed by atoms with van der Waals surface area (Å²) in [7, 11) is 1.90. The first kappa shape index (κ1) is 14.6. The van der Waals surface area contributed by atoms with Crippen LogP contribution in [0.25, 0.3) is 11.4 Å². The molecule has 3 rings (SSSR count). The molecule has 2 aromatic rings. The number of aromatic nitrogens is 2. The van der Waals surface area contributed by atoms with Crippen molar-refractivity contribution < 1.29 is 0 Å². The van der Waals surface area contributed by atoms with Crippen molar-refractivity contribution in [2.75, 3.05) is 12.4 Å². The predicted molar refractivity (Wildman–Crippen MR) is 88.3 cm³/mol. The molecule has 1 heterocycles. The zero-order valence-electron chi connectivity index (χ0n) is 11.9. The van der Waals surface area contributed by atoms with Crippen molar-refractivity contribution in [3.05, 3.63) is 39.5 Å². The van der Waals surface area contributed by atoms with Gasteiger partial charge in [-0.3, -0.25) is 0 Å². The van der Waals surface area contributed by atoms with Gasteiger partial charge in [0.15, 0.2) is 5.82 Å². The summed E-state index contributed by atoms with van der Waals surface area (Å²) in [6, 6.07) is 5.42. The molecule has 5 heteroatoms. The highest BCUT2D eigenvalue weighted by Crippen LogP contribution is 2.30. The van der Waals surface area contributed by atoms with E-state index in [4.69, 9.17) is 28.2 Å². The van der Waals surface area contributed by atoms with Gasteiger partial charge in [-0.1, -0.05) is 29.6 Å². The van der Waals surface area contributed by atoms with Crippen molar-refractivity contribution in [2.45, 2.75) is 32.1 Å². The van der Waals surface area contributed by atoms with Crippen molar-refractivity contribution in [3.8, 4) is 11.4 Å². The van der Waals surface area contributed by atoms with Crippen LogP contribution in [0.4, 0.5) is 5.82 Å². The molecule has 0 saturated carbocycles. The van der Waals surface area contributed by atoms with Crippen LogP contribution >= 0.6 is 23.2 Å². The lowest BCUT2D eigenvalue weighted by Gasteiger charge is -2.13. The average molecular weight is 322 g/mol. The van der Waals surface area contributed by atoms with Gasteiger partial charge in [-0.15, -0.1) is 0 Å². The van der Waals surface area contributed by atoms with Gasteiger partial charge in [0.05, 0.1) is 0 Å². The molecule has 0 unspecified atom stereocenters. The fourth-order valence-corrected chi connectivity index (χ4v) is 3.32. The molecule has 110 valence electrons. The van der Waals surface area contributed by atoms with Crippen LogP contribution in [0.3, 0.4) is 0 Å². The van der Waals surface area contributed by atoms with Crippen LogP contribution in [-0.4, -0.2) is 17.0 Å². The molecule has 1 N–H and O–H groups in total. The van der Waals surface area contributed by atoms with Crippen LogP contribution in [0.15, 0.2) is 18.2 Å². The molecule has 0 atom stereocenters. The number of halogens is 2. The van der Waals surface area contributed by atoms with E-state index in [1.54, 1.807) is 6.07 Å². The number of benzene rings is 1. The van der Waals surface area contributed by atoms with E-state index in [9.17, 15) is 0 Å². The molecule has 1 aromatic heterocycles. The van der Waals surface area contributed by atoms with Gasteiger partial charge in [0.1, 0.15) is 5.82 Å². The lowest BCUT2D eigenvalue weighted by Crippen LogP contribution is -2.06. The molecular formula is C16H17Cl2N3. The number of nitrogens with zero attached hydrogens (tertiary/aromatic N) is 2. The minimum Gasteiger partial charge on any atom is -0.373 e. The topological polar surface area (TPSA) is 37.8 Å². The van der Waals surface area contributed by atoms with Crippen molar-refractivity contribution in [1.82, 2.24) is 9.97 Å². The van der Waals surface area contributed by atoms with E-state index in [0.717, 1.165) is 29.9 Å². The second kappa shape index (κ2) is 6.20. The predicted octanol–water partition coefficient (Wildman–Crippen LogP) is 4.76. The average Bonchev–Trinajstić information content (AvgIpc) is 2.70. The van der Waals surface area contributed by atoms with Crippen molar-refractivity contribution in [3.63, 3.8) is 0 Å². The Kier molecular flexibility index (Phi) is 4.32. The van der Waals surface area contributed by atoms with E-state index in [0.29, 0.717) is 15.9 Å². The number of fused-ring (bicyclic) bond motifs is 1. The number of anilines is 1. The van der Waals surface area contributed by atoms with E-state index < -0.39 is 0 Å². The third-order valence-corrected chi connectivity index (χ3v) is 4.23. The molecular weight excluding hydrogens is 305 g/mol. The monoisotopic (exact) mass is 321 g/mol. The third-order valence-electron chi connectivity index (χ3n) is 3.79. The van der Waals surface area contributed by atoms with Crippen LogP contribution in [0.2, 0.25) is 10.0 Å². The fourth-order valence-electron chi connectivity index (χ4n) is 2.79. The fraction of sp³-hybridized carbons (Fsp3) is 0.375. The Hall–Kier alpha value is -1.32. The molecule has 0 amide bonds. The summed E-state index contributed by atoms with van der Waals surface area (Å²) in [4.78, 5) is 9.43. The Morgan fingerprint density at radius 2 is 1.67 bits per heavy atom. The molecule has 3 nitrogen and oxygen atoms in total. The van der Waals surface area contributed by atoms with Gasteiger partial charge in [0.25, 0.3) is 0 Å². The number of nitrogens with one attached hydrogen (secondary N) is 1. The van der Waals surface area contributed by atoms with E-state index in [-0.39, 0.29) is 0 Å². The quantitative estimate of drug-likeness (QED) is 0.810. The van der Waals surface area contributed by atoms with Gasteiger partial charge in [0, 0.05) is 33.9 Å². The number of hydrogen-bond donors (Lipinski definition) is 1. The summed E-state index contributed by atoms with van der Waals surface area (Å²) in [6.45, 7) is 0. The molecule has 0 saturated heterocycles. The largest absolute Gasteiger partial charge is 0.373 e. The van der Waals surface area contributed by atoms with E-state index >= 15 is 0 Å². The number of aryl methyl sites for hydroxylation is 1. The summed E-state index contributed by atoms with van der Waals surface area (Å²) in [5.41, 5.74) is 3.26. The molecule has 1 aromatic carbocycles. The smallest absolute Gasteiger partial charge is 0.161 e. The SMILES string of the molecule is CNc1nc(-c2cc(Cl)cc(Cl)c2)nc2c1CCCCC2. The number of hydrogen-bond acceptors (Lipinski definition) is 3. The first-order valence-electron chi connectivity index (χ1n) is 7.21. The maximum atomic E-state index is 6.09. The van der Waals surface area contributed by atoms with Crippen LogP contribution in [0.1, 0.15) is 30.5 Å². The molecule has 0 radical (unpaired) electrons. The highest BCUT2D eigenvalue weighted by molar-refractivity contribution is 6.35. The maximum Gasteiger partial charge on any atom is 0.161 e. The first-order chi connectivity index (χ1) is 10.2. The van der Waals surface area contributed by atoms with Crippen LogP contribution < -0.4 is 5.32 Å². The van der Waals surface area contributed by atoms with Crippen molar-refractivity contribution in [1.29, 1.82) is 0 Å². The zero-order chi connectivity index (χ0) is 14.8. The summed E-state index contributed by atoms with van der Waals surface area (Å²) in [5, 5.41) is 4.40. The maximum absolute atomic E-state index is 6.09. The van der Waals surface area contributed by atoms with Gasteiger partial charge in [-0.2, -0.15) is 0 Å². The van der Waals surface area contributed by atoms with E-state index in [1.165, 1.54) is 24.8 Å². The Bertz CT molecular complexity index is 651. The Labute approximate surface area is 134 Å². The van der Waals surface area contributed by atoms with Crippen LogP contribution in [-0.2, 0) is 12.8 Å². The minimum atomic E-state index is 0.599. The lowest BCUT2D eigenvalue weighted by atomic mass is 10.1. The Morgan fingerprint density at radius 1 is 0.952 bits per heavy atom. The normalized spacial score (nSPS) is 14.4. The molecule has 0 spiro atoms. The second-order valence-corrected chi connectivity index (χ2v) is 6.16. The Morgan fingerprint density at radius 3 is 2.38 bits per heavy atom. The van der Waals surface area contributed by atoms with Gasteiger partial charge >= 0.3 is 0 Å². The van der Waals surface area contributed by atoms with E-state index in [1.807, 2.05) is 19.2 Å². The summed E-state index contributed by atoms with van der Waals surface area (Å²) >= 11 is 12.2. The van der Waals surface area contributed by atoms with Gasteiger partial charge < -0.3 is 5.32 Å². The third kappa shape index (κ3) is 3.14. The molecule has 1 aliphatic carbocycles. The lowest BCUT2D eigenvalue weighted by molar-refractivity contribution is 0.709. The van der Waals surface area contributed by atoms with Gasteiger partial charge in [-0.25, -0.2) is 9.97 Å². The molecule has 0 bridgehead atoms. The molecule has 21 heavy (non-hydrogen) atoms. The highest BCUT2D eigenvalue weighted by Gasteiger charge is 2.17. The minimum absolute atomic E-state index is 0.599. The van der Waals surface area contributed by atoms with Crippen LogP contribution in [0.5, 0.6) is 0 Å². The standard InChI is InChI=1S/C16H17Cl2N3/c1-19-16-13-5-3-2-4-6-14(13)20-15(21-16)10-7-11(17)9-12(18)8-10/h7-9H,2-6H2,1H3,(H,19,20,21). The molecule has 0 aliphatic heterocycles. The van der Waals surface area contributed by atoms with Gasteiger partial charge in [-0.05, 0) is 43.9 Å². The van der Waals surface area contributed by atoms with E-state index in [2.05, 4.69) is 10.3 Å². The first-order valence-corrected chi connectivity index (χ1v) is 7.97. The highest BCUT2D eigenvalue weighted by atomic mass is 35.5. The number of rotatable bonds is 2.